The summed E-state index contributed by atoms with van der Waals surface area (Å²) >= 11 is 0. The van der Waals surface area contributed by atoms with E-state index in [1.165, 1.54) is 18.9 Å². The van der Waals surface area contributed by atoms with Crippen LogP contribution in [0.3, 0.4) is 0 Å². The molecule has 0 aliphatic carbocycles. The molecule has 6 nitrogen and oxygen atoms in total. The third-order valence-electron chi connectivity index (χ3n) is 3.15. The molecule has 0 aliphatic heterocycles. The summed E-state index contributed by atoms with van der Waals surface area (Å²) in [6, 6.07) is 0. The van der Waals surface area contributed by atoms with E-state index < -0.39 is 17.8 Å². The van der Waals surface area contributed by atoms with Crippen molar-refractivity contribution in [2.45, 2.75) is 20.8 Å². The first-order chi connectivity index (χ1) is 8.22. The molecule has 2 N–H and O–H groups in total. The average molecular weight is 258 g/mol. The lowest BCUT2D eigenvalue weighted by atomic mass is 9.94. The quantitative estimate of drug-likeness (QED) is 0.711. The maximum atomic E-state index is 12.0. The Bertz CT molecular complexity index is 330. The van der Waals surface area contributed by atoms with Crippen molar-refractivity contribution in [2.24, 2.45) is 17.8 Å². The largest absolute Gasteiger partial charge is 0.481 e. The van der Waals surface area contributed by atoms with Crippen molar-refractivity contribution in [1.82, 2.24) is 10.2 Å². The molecule has 0 saturated heterocycles. The van der Waals surface area contributed by atoms with Crippen LogP contribution in [0.15, 0.2) is 0 Å². The Morgan fingerprint density at radius 1 is 1.17 bits per heavy atom. The molecule has 0 spiro atoms. The summed E-state index contributed by atoms with van der Waals surface area (Å²) in [4.78, 5) is 35.5. The number of hydrogen-bond donors (Lipinski definition) is 2. The molecular formula is C12H22N2O4. The van der Waals surface area contributed by atoms with Crippen LogP contribution >= 0.6 is 0 Å². The standard InChI is InChI=1S/C12H22N2O4/c1-7(10(15)13-4)6-14(5)11(16)8(2)9(3)12(17)18/h7-9H,6H2,1-5H3,(H,13,15)(H,17,18). The fourth-order valence-electron chi connectivity index (χ4n) is 1.61. The van der Waals surface area contributed by atoms with E-state index in [4.69, 9.17) is 5.11 Å². The van der Waals surface area contributed by atoms with E-state index in [2.05, 4.69) is 5.32 Å². The van der Waals surface area contributed by atoms with E-state index in [9.17, 15) is 14.4 Å². The zero-order chi connectivity index (χ0) is 14.5. The second-order valence-electron chi connectivity index (χ2n) is 4.65. The summed E-state index contributed by atoms with van der Waals surface area (Å²) in [5.74, 6) is -3.08. The molecule has 3 atom stereocenters. The number of nitrogens with one attached hydrogen (secondary N) is 1. The minimum Gasteiger partial charge on any atom is -0.481 e. The van der Waals surface area contributed by atoms with Crippen LogP contribution < -0.4 is 5.32 Å². The van der Waals surface area contributed by atoms with E-state index in [1.54, 1.807) is 20.9 Å². The highest BCUT2D eigenvalue weighted by Crippen LogP contribution is 2.14. The van der Waals surface area contributed by atoms with E-state index in [1.807, 2.05) is 0 Å². The van der Waals surface area contributed by atoms with Crippen LogP contribution in [0, 0.1) is 17.8 Å². The SMILES string of the molecule is CNC(=O)C(C)CN(C)C(=O)C(C)C(C)C(=O)O. The number of carbonyl (C=O) groups is 3. The van der Waals surface area contributed by atoms with Crippen molar-refractivity contribution in [2.75, 3.05) is 20.6 Å². The minimum atomic E-state index is -0.997. The first kappa shape index (κ1) is 16.4. The zero-order valence-corrected chi connectivity index (χ0v) is 11.6. The van der Waals surface area contributed by atoms with Gasteiger partial charge in [0.15, 0.2) is 0 Å². The predicted octanol–water partition coefficient (Wildman–Crippen LogP) is 0.184. The number of carboxylic acids is 1. The second kappa shape index (κ2) is 6.98. The number of hydrogen-bond acceptors (Lipinski definition) is 3. The highest BCUT2D eigenvalue weighted by atomic mass is 16.4. The monoisotopic (exact) mass is 258 g/mol. The van der Waals surface area contributed by atoms with Gasteiger partial charge in [0.05, 0.1) is 11.8 Å². The number of carbonyl (C=O) groups excluding carboxylic acids is 2. The summed E-state index contributed by atoms with van der Waals surface area (Å²) in [5.41, 5.74) is 0. The highest BCUT2D eigenvalue weighted by molar-refractivity contribution is 5.85. The first-order valence-corrected chi connectivity index (χ1v) is 5.91. The van der Waals surface area contributed by atoms with Gasteiger partial charge in [-0.05, 0) is 0 Å². The van der Waals surface area contributed by atoms with Gasteiger partial charge in [-0.3, -0.25) is 14.4 Å². The topological polar surface area (TPSA) is 86.7 Å². The zero-order valence-electron chi connectivity index (χ0n) is 11.6. The maximum absolute atomic E-state index is 12.0. The molecule has 3 unspecified atom stereocenters. The number of carboxylic acid groups (broad SMARTS) is 1. The lowest BCUT2D eigenvalue weighted by molar-refractivity contribution is -0.149. The van der Waals surface area contributed by atoms with E-state index >= 15 is 0 Å². The number of aliphatic carboxylic acids is 1. The second-order valence-corrected chi connectivity index (χ2v) is 4.65. The summed E-state index contributed by atoms with van der Waals surface area (Å²) in [6.07, 6.45) is 0. The summed E-state index contributed by atoms with van der Waals surface area (Å²) in [5, 5.41) is 11.4. The van der Waals surface area contributed by atoms with Crippen LogP contribution in [-0.2, 0) is 14.4 Å². The van der Waals surface area contributed by atoms with Crippen LogP contribution in [0.2, 0.25) is 0 Å². The summed E-state index contributed by atoms with van der Waals surface area (Å²) in [7, 11) is 3.11. The normalized spacial score (nSPS) is 15.4. The van der Waals surface area contributed by atoms with Crippen LogP contribution in [0.25, 0.3) is 0 Å². The lowest BCUT2D eigenvalue weighted by Gasteiger charge is -2.25. The maximum Gasteiger partial charge on any atom is 0.307 e. The average Bonchev–Trinajstić information content (AvgIpc) is 2.34. The number of rotatable bonds is 6. The smallest absolute Gasteiger partial charge is 0.307 e. The van der Waals surface area contributed by atoms with Gasteiger partial charge in [0.25, 0.3) is 0 Å². The third kappa shape index (κ3) is 4.35. The van der Waals surface area contributed by atoms with Crippen LogP contribution in [0.1, 0.15) is 20.8 Å². The molecule has 0 aromatic rings. The molecule has 2 amide bonds. The van der Waals surface area contributed by atoms with Gasteiger partial charge in [-0.15, -0.1) is 0 Å². The Hall–Kier alpha value is -1.59. The van der Waals surface area contributed by atoms with Gasteiger partial charge in [0, 0.05) is 26.6 Å². The van der Waals surface area contributed by atoms with Gasteiger partial charge in [-0.25, -0.2) is 0 Å². The van der Waals surface area contributed by atoms with Crippen molar-refractivity contribution in [1.29, 1.82) is 0 Å². The van der Waals surface area contributed by atoms with E-state index in [0.717, 1.165) is 0 Å². The molecule has 0 heterocycles. The summed E-state index contributed by atoms with van der Waals surface area (Å²) < 4.78 is 0. The molecule has 0 radical (unpaired) electrons. The number of amides is 2. The lowest BCUT2D eigenvalue weighted by Crippen LogP contribution is -2.41. The molecule has 0 rings (SSSR count). The van der Waals surface area contributed by atoms with Crippen molar-refractivity contribution in [3.63, 3.8) is 0 Å². The van der Waals surface area contributed by atoms with E-state index in [0.29, 0.717) is 0 Å². The molecule has 0 aromatic heterocycles. The van der Waals surface area contributed by atoms with Crippen LogP contribution in [0.4, 0.5) is 0 Å². The molecule has 0 bridgehead atoms. The van der Waals surface area contributed by atoms with Crippen molar-refractivity contribution < 1.29 is 19.5 Å². The van der Waals surface area contributed by atoms with Crippen LogP contribution in [0.5, 0.6) is 0 Å². The Balaban J connectivity index is 4.51. The van der Waals surface area contributed by atoms with Crippen LogP contribution in [-0.4, -0.2) is 48.4 Å². The molecule has 0 fully saturated rings. The Morgan fingerprint density at radius 2 is 1.67 bits per heavy atom. The van der Waals surface area contributed by atoms with Gasteiger partial charge < -0.3 is 15.3 Å². The molecule has 18 heavy (non-hydrogen) atoms. The van der Waals surface area contributed by atoms with Crippen molar-refractivity contribution >= 4 is 17.8 Å². The van der Waals surface area contributed by atoms with Crippen molar-refractivity contribution in [3.05, 3.63) is 0 Å². The Labute approximate surface area is 107 Å². The van der Waals surface area contributed by atoms with Gasteiger partial charge in [-0.2, -0.15) is 0 Å². The fourth-order valence-corrected chi connectivity index (χ4v) is 1.61. The number of nitrogens with zero attached hydrogens (tertiary/aromatic N) is 1. The predicted molar refractivity (Wildman–Crippen MR) is 66.8 cm³/mol. The third-order valence-corrected chi connectivity index (χ3v) is 3.15. The Morgan fingerprint density at radius 3 is 2.06 bits per heavy atom. The van der Waals surface area contributed by atoms with Gasteiger partial charge in [0.2, 0.25) is 11.8 Å². The van der Waals surface area contributed by atoms with Gasteiger partial charge >= 0.3 is 5.97 Å². The molecule has 0 aliphatic rings. The molecule has 0 saturated carbocycles. The van der Waals surface area contributed by atoms with E-state index in [-0.39, 0.29) is 24.3 Å². The molecular weight excluding hydrogens is 236 g/mol. The Kier molecular flexibility index (Phi) is 6.36. The van der Waals surface area contributed by atoms with Gasteiger partial charge in [0.1, 0.15) is 0 Å². The highest BCUT2D eigenvalue weighted by Gasteiger charge is 2.29. The first-order valence-electron chi connectivity index (χ1n) is 5.91. The molecule has 104 valence electrons. The van der Waals surface area contributed by atoms with Crippen molar-refractivity contribution in [3.8, 4) is 0 Å². The molecule has 6 heteroatoms. The molecule has 0 aromatic carbocycles. The minimum absolute atomic E-state index is 0.145. The fraction of sp³-hybridized carbons (Fsp3) is 0.750. The van der Waals surface area contributed by atoms with Gasteiger partial charge in [-0.1, -0.05) is 20.8 Å². The summed E-state index contributed by atoms with van der Waals surface area (Å²) in [6.45, 7) is 5.08.